The van der Waals surface area contributed by atoms with E-state index < -0.39 is 107 Å². The second-order valence-electron chi connectivity index (χ2n) is 22.7. The molecule has 0 saturated carbocycles. The molecule has 0 aliphatic carbocycles. The van der Waals surface area contributed by atoms with Gasteiger partial charge in [-0.25, -0.2) is 0 Å². The molecule has 4 atom stereocenters. The van der Waals surface area contributed by atoms with E-state index in [1.165, 1.54) is 10.5 Å². The standard InChI is InChI=1S/C59H85N7O12S/c1-37(2)52(65-54(73)43(27-28-49(69)76-57(6,7)8)63-55(74)45(62-40(5)67)36-51(71)78-59(12,13)14)56(75)64-44(35-50(70)77-58(9,10)11)53(72)61-31-30-60-48(68)26-16-15-21-32-66-33-29-41(42-23-18-19-24-46(42)66)34-39(4)79-47-25-20-17-22-38(47)3/h17-20,22-25,29,33-34,37,43-45,52H,4,15-16,21,26-28,30-32,35-36H2,1-3,5-14H3,(H,60,68)(H,61,72)(H,62,67)(H,63,74)(H,64,75)(H,65,73)/b41-34-/t43-,44-,45-,52-/m0/s1. The number of hydrogen-bond donors (Lipinski definition) is 6. The molecule has 3 rings (SSSR count). The lowest BCUT2D eigenvalue weighted by Crippen LogP contribution is -2.60. The van der Waals surface area contributed by atoms with Gasteiger partial charge < -0.3 is 51.0 Å². The fourth-order valence-corrected chi connectivity index (χ4v) is 8.84. The predicted molar refractivity (Wildman–Crippen MR) is 306 cm³/mol. The Morgan fingerprint density at radius 2 is 1.18 bits per heavy atom. The summed E-state index contributed by atoms with van der Waals surface area (Å²) in [4.78, 5) is 123. The van der Waals surface area contributed by atoms with Crippen LogP contribution in [0.3, 0.4) is 0 Å². The average Bonchev–Trinajstić information content (AvgIpc) is 3.31. The van der Waals surface area contributed by atoms with Crippen LogP contribution >= 0.6 is 11.8 Å². The summed E-state index contributed by atoms with van der Waals surface area (Å²) in [7, 11) is 0. The highest BCUT2D eigenvalue weighted by molar-refractivity contribution is 8.03. The van der Waals surface area contributed by atoms with Gasteiger partial charge in [0.15, 0.2) is 0 Å². The number of fused-ring (bicyclic) bond motifs is 1. The van der Waals surface area contributed by atoms with Gasteiger partial charge in [0.2, 0.25) is 35.4 Å². The Hall–Kier alpha value is -6.96. The number of para-hydroxylation sites is 1. The normalized spacial score (nSPS) is 14.4. The van der Waals surface area contributed by atoms with Crippen LogP contribution in [-0.4, -0.2) is 114 Å². The Morgan fingerprint density at radius 1 is 0.633 bits per heavy atom. The molecule has 0 unspecified atom stereocenters. The molecule has 1 aliphatic rings. The van der Waals surface area contributed by atoms with Crippen molar-refractivity contribution in [1.29, 1.82) is 0 Å². The summed E-state index contributed by atoms with van der Waals surface area (Å²) in [5.41, 5.74) is 1.78. The van der Waals surface area contributed by atoms with Crippen molar-refractivity contribution in [3.05, 3.63) is 89.5 Å². The zero-order valence-corrected chi connectivity index (χ0v) is 49.3. The number of rotatable bonds is 28. The Balaban J connectivity index is 1.62. The third-order valence-corrected chi connectivity index (χ3v) is 12.6. The number of ether oxygens (including phenoxy) is 3. The number of aryl methyl sites for hydroxylation is 1. The lowest BCUT2D eigenvalue weighted by molar-refractivity contribution is -0.157. The molecule has 2 aromatic carbocycles. The van der Waals surface area contributed by atoms with Gasteiger partial charge in [-0.2, -0.15) is 0 Å². The van der Waals surface area contributed by atoms with E-state index in [-0.39, 0.29) is 38.3 Å². The first kappa shape index (κ1) is 66.3. The number of anilines is 1. The first-order valence-electron chi connectivity index (χ1n) is 26.9. The van der Waals surface area contributed by atoms with Gasteiger partial charge in [-0.3, -0.25) is 43.2 Å². The molecule has 6 amide bonds. The van der Waals surface area contributed by atoms with Gasteiger partial charge in [-0.1, -0.05) is 75.0 Å². The van der Waals surface area contributed by atoms with Crippen LogP contribution in [0.5, 0.6) is 0 Å². The average molecular weight is 1120 g/mol. The number of unbranched alkanes of at least 4 members (excludes halogenated alkanes) is 2. The van der Waals surface area contributed by atoms with E-state index in [0.717, 1.165) is 48.0 Å². The molecule has 79 heavy (non-hydrogen) atoms. The van der Waals surface area contributed by atoms with Crippen LogP contribution in [-0.2, 0) is 57.4 Å². The summed E-state index contributed by atoms with van der Waals surface area (Å²) in [6, 6.07) is 10.6. The number of carbonyl (C=O) groups is 9. The van der Waals surface area contributed by atoms with Crippen molar-refractivity contribution in [3.63, 3.8) is 0 Å². The first-order valence-corrected chi connectivity index (χ1v) is 27.7. The Bertz CT molecular complexity index is 2560. The van der Waals surface area contributed by atoms with Crippen LogP contribution in [0.15, 0.2) is 83.3 Å². The number of thioether (sulfide) groups is 1. The van der Waals surface area contributed by atoms with Crippen molar-refractivity contribution in [2.45, 2.75) is 187 Å². The zero-order chi connectivity index (χ0) is 59.3. The molecule has 19 nitrogen and oxygen atoms in total. The second-order valence-corrected chi connectivity index (χ2v) is 23.9. The van der Waals surface area contributed by atoms with Crippen LogP contribution in [0.4, 0.5) is 5.69 Å². The van der Waals surface area contributed by atoms with Crippen molar-refractivity contribution in [2.75, 3.05) is 24.5 Å². The fraction of sp³-hybridized carbons (Fsp3) is 0.542. The number of nitrogens with zero attached hydrogens (tertiary/aromatic N) is 1. The quantitative estimate of drug-likeness (QED) is 0.0217. The number of amides is 6. The zero-order valence-electron chi connectivity index (χ0n) is 48.5. The van der Waals surface area contributed by atoms with Gasteiger partial charge >= 0.3 is 17.9 Å². The van der Waals surface area contributed by atoms with Crippen molar-refractivity contribution in [3.8, 4) is 0 Å². The van der Waals surface area contributed by atoms with Crippen LogP contribution in [0.2, 0.25) is 0 Å². The van der Waals surface area contributed by atoms with E-state index in [2.05, 4.69) is 92.9 Å². The molecule has 0 saturated heterocycles. The SMILES string of the molecule is C=C(/C=C1/C=CN(CCCCCC(=O)NCCNC(=O)[C@H](CC(=O)OC(C)(C)C)NC(=O)[C@@H](NC(=O)[C@H](CCC(=O)OC(C)(C)C)NC(=O)[C@H](CC(=O)OC(C)(C)C)NC(C)=O)C(C)C)c2ccccc21)Sc1ccccc1C. The van der Waals surface area contributed by atoms with Gasteiger partial charge in [-0.05, 0) is 130 Å². The Morgan fingerprint density at radius 3 is 1.77 bits per heavy atom. The van der Waals surface area contributed by atoms with E-state index in [1.807, 2.05) is 24.3 Å². The predicted octanol–water partition coefficient (Wildman–Crippen LogP) is 7.01. The molecule has 0 fully saturated rings. The van der Waals surface area contributed by atoms with E-state index in [1.54, 1.807) is 87.9 Å². The molecule has 2 aromatic rings. The molecule has 6 N–H and O–H groups in total. The molecule has 434 valence electrons. The maximum absolute atomic E-state index is 14.1. The van der Waals surface area contributed by atoms with Crippen LogP contribution in [0.25, 0.3) is 5.57 Å². The molecular weight excluding hydrogens is 1030 g/mol. The minimum atomic E-state index is -1.51. The lowest BCUT2D eigenvalue weighted by atomic mass is 9.99. The molecule has 0 aromatic heterocycles. The van der Waals surface area contributed by atoms with Crippen LogP contribution in [0.1, 0.15) is 146 Å². The third-order valence-electron chi connectivity index (χ3n) is 11.5. The fourth-order valence-electron chi connectivity index (χ4n) is 8.00. The van der Waals surface area contributed by atoms with Gasteiger partial charge in [0, 0.05) is 66.7 Å². The van der Waals surface area contributed by atoms with Crippen molar-refractivity contribution < 1.29 is 57.4 Å². The van der Waals surface area contributed by atoms with E-state index in [9.17, 15) is 43.2 Å². The number of allylic oxidation sites excluding steroid dienone is 3. The van der Waals surface area contributed by atoms with Crippen molar-refractivity contribution >= 4 is 76.4 Å². The topological polar surface area (TPSA) is 257 Å². The number of benzene rings is 2. The summed E-state index contributed by atoms with van der Waals surface area (Å²) in [6.07, 6.45) is 6.97. The first-order chi connectivity index (χ1) is 36.8. The number of nitrogens with one attached hydrogen (secondary N) is 6. The molecule has 0 bridgehead atoms. The van der Waals surface area contributed by atoms with Gasteiger partial charge in [0.1, 0.15) is 41.0 Å². The monoisotopic (exact) mass is 1120 g/mol. The number of carbonyl (C=O) groups excluding carboxylic acids is 9. The summed E-state index contributed by atoms with van der Waals surface area (Å²) >= 11 is 1.64. The number of hydrogen-bond acceptors (Lipinski definition) is 14. The van der Waals surface area contributed by atoms with Crippen molar-refractivity contribution in [1.82, 2.24) is 31.9 Å². The minimum absolute atomic E-state index is 0.0445. The van der Waals surface area contributed by atoms with Crippen LogP contribution < -0.4 is 36.8 Å². The van der Waals surface area contributed by atoms with Gasteiger partial charge in [0.05, 0.1) is 12.8 Å². The van der Waals surface area contributed by atoms with Gasteiger partial charge in [0.25, 0.3) is 0 Å². The summed E-state index contributed by atoms with van der Waals surface area (Å²) in [5, 5.41) is 15.5. The Labute approximate surface area is 471 Å². The lowest BCUT2D eigenvalue weighted by Gasteiger charge is -2.28. The van der Waals surface area contributed by atoms with Crippen LogP contribution in [0, 0.1) is 12.8 Å². The molecule has 20 heteroatoms. The largest absolute Gasteiger partial charge is 0.460 e. The maximum Gasteiger partial charge on any atom is 0.308 e. The van der Waals surface area contributed by atoms with Crippen molar-refractivity contribution in [2.24, 2.45) is 5.92 Å². The molecule has 0 radical (unpaired) electrons. The Kier molecular flexibility index (Phi) is 26.0. The summed E-state index contributed by atoms with van der Waals surface area (Å²) in [6.45, 7) is 26.3. The van der Waals surface area contributed by atoms with E-state index in [4.69, 9.17) is 14.2 Å². The maximum atomic E-state index is 14.1. The third kappa shape index (κ3) is 25.6. The molecular formula is C59H85N7O12S. The summed E-state index contributed by atoms with van der Waals surface area (Å²) < 4.78 is 16.2. The number of esters is 3. The van der Waals surface area contributed by atoms with E-state index >= 15 is 0 Å². The smallest absolute Gasteiger partial charge is 0.308 e. The molecule has 0 spiro atoms. The second kappa shape index (κ2) is 31.0. The molecule has 1 aliphatic heterocycles. The highest BCUT2D eigenvalue weighted by Gasteiger charge is 2.35. The van der Waals surface area contributed by atoms with Gasteiger partial charge in [-0.15, -0.1) is 0 Å². The minimum Gasteiger partial charge on any atom is -0.460 e. The molecule has 1 heterocycles. The highest BCUT2D eigenvalue weighted by atomic mass is 32.2. The summed E-state index contributed by atoms with van der Waals surface area (Å²) in [5.74, 6) is -7.29. The van der Waals surface area contributed by atoms with E-state index in [0.29, 0.717) is 6.42 Å². The highest BCUT2D eigenvalue weighted by Crippen LogP contribution is 2.36.